The van der Waals surface area contributed by atoms with Crippen LogP contribution < -0.4 is 14.8 Å². The molecular formula is C22H26N2O5. The van der Waals surface area contributed by atoms with Gasteiger partial charge in [0.15, 0.2) is 0 Å². The van der Waals surface area contributed by atoms with Crippen LogP contribution in [0.25, 0.3) is 0 Å². The molecule has 0 aliphatic heterocycles. The first kappa shape index (κ1) is 20.6. The Labute approximate surface area is 170 Å². The summed E-state index contributed by atoms with van der Waals surface area (Å²) in [7, 11) is 0. The lowest BCUT2D eigenvalue weighted by molar-refractivity contribution is -0.144. The highest BCUT2D eigenvalue weighted by molar-refractivity contribution is 5.79. The van der Waals surface area contributed by atoms with Crippen molar-refractivity contribution in [3.8, 4) is 11.6 Å². The second kappa shape index (κ2) is 10.5. The molecule has 3 rings (SSSR count). The van der Waals surface area contributed by atoms with Crippen LogP contribution in [0.15, 0.2) is 48.7 Å². The Hall–Kier alpha value is -3.09. The van der Waals surface area contributed by atoms with Crippen LogP contribution in [0.5, 0.6) is 11.6 Å². The largest absolute Gasteiger partial charge is 0.490 e. The number of carbonyl (C=O) groups excluding carboxylic acids is 1. The van der Waals surface area contributed by atoms with Crippen molar-refractivity contribution in [1.29, 1.82) is 0 Å². The third kappa shape index (κ3) is 6.48. The SMILES string of the molecule is O=C(O)C1CCC(C(=O)NCc2ccc(OCCOc3ccccc3)nc2)CC1. The average molecular weight is 398 g/mol. The fourth-order valence-corrected chi connectivity index (χ4v) is 3.36. The Bertz CT molecular complexity index is 787. The first-order chi connectivity index (χ1) is 14.1. The summed E-state index contributed by atoms with van der Waals surface area (Å²) in [6.07, 6.45) is 4.05. The molecule has 0 spiro atoms. The fourth-order valence-electron chi connectivity index (χ4n) is 3.36. The van der Waals surface area contributed by atoms with Crippen LogP contribution in [0.1, 0.15) is 31.2 Å². The Balaban J connectivity index is 1.35. The Kier molecular flexibility index (Phi) is 7.44. The van der Waals surface area contributed by atoms with Crippen LogP contribution in [0, 0.1) is 11.8 Å². The molecule has 0 atom stereocenters. The lowest BCUT2D eigenvalue weighted by Gasteiger charge is -2.25. The Morgan fingerprint density at radius 3 is 2.31 bits per heavy atom. The number of hydrogen-bond donors (Lipinski definition) is 2. The number of aromatic nitrogens is 1. The Morgan fingerprint density at radius 2 is 1.66 bits per heavy atom. The van der Waals surface area contributed by atoms with Crippen molar-refractivity contribution >= 4 is 11.9 Å². The van der Waals surface area contributed by atoms with Crippen LogP contribution >= 0.6 is 0 Å². The van der Waals surface area contributed by atoms with E-state index < -0.39 is 5.97 Å². The van der Waals surface area contributed by atoms with Gasteiger partial charge in [0, 0.05) is 24.7 Å². The molecule has 0 bridgehead atoms. The molecule has 0 saturated heterocycles. The lowest BCUT2D eigenvalue weighted by atomic mass is 9.81. The number of benzene rings is 1. The summed E-state index contributed by atoms with van der Waals surface area (Å²) >= 11 is 0. The quantitative estimate of drug-likeness (QED) is 0.630. The molecule has 1 fully saturated rings. The van der Waals surface area contributed by atoms with Gasteiger partial charge in [0.1, 0.15) is 19.0 Å². The van der Waals surface area contributed by atoms with Crippen molar-refractivity contribution in [2.75, 3.05) is 13.2 Å². The predicted octanol–water partition coefficient (Wildman–Crippen LogP) is 3.05. The van der Waals surface area contributed by atoms with Crippen molar-refractivity contribution in [1.82, 2.24) is 10.3 Å². The van der Waals surface area contributed by atoms with Crippen molar-refractivity contribution in [3.63, 3.8) is 0 Å². The number of carbonyl (C=O) groups is 2. The van der Waals surface area contributed by atoms with Crippen LogP contribution in [0.4, 0.5) is 0 Å². The van der Waals surface area contributed by atoms with Gasteiger partial charge in [0.05, 0.1) is 5.92 Å². The summed E-state index contributed by atoms with van der Waals surface area (Å²) < 4.78 is 11.1. The summed E-state index contributed by atoms with van der Waals surface area (Å²) in [6, 6.07) is 13.2. The molecule has 0 unspecified atom stereocenters. The molecule has 154 valence electrons. The van der Waals surface area contributed by atoms with E-state index in [2.05, 4.69) is 10.3 Å². The molecule has 1 aliphatic carbocycles. The molecule has 1 saturated carbocycles. The van der Waals surface area contributed by atoms with E-state index in [0.717, 1.165) is 11.3 Å². The third-order valence-corrected chi connectivity index (χ3v) is 5.06. The summed E-state index contributed by atoms with van der Waals surface area (Å²) in [5.41, 5.74) is 0.880. The van der Waals surface area contributed by atoms with E-state index in [1.165, 1.54) is 0 Å². The average Bonchev–Trinajstić information content (AvgIpc) is 2.76. The predicted molar refractivity (Wildman–Crippen MR) is 107 cm³/mol. The number of carboxylic acids is 1. The monoisotopic (exact) mass is 398 g/mol. The highest BCUT2D eigenvalue weighted by Gasteiger charge is 2.29. The van der Waals surface area contributed by atoms with E-state index in [1.54, 1.807) is 12.3 Å². The number of rotatable bonds is 9. The third-order valence-electron chi connectivity index (χ3n) is 5.06. The molecule has 2 N–H and O–H groups in total. The molecule has 7 heteroatoms. The smallest absolute Gasteiger partial charge is 0.306 e. The van der Waals surface area contributed by atoms with Gasteiger partial charge in [0.25, 0.3) is 0 Å². The first-order valence-electron chi connectivity index (χ1n) is 9.88. The van der Waals surface area contributed by atoms with Gasteiger partial charge in [0.2, 0.25) is 11.8 Å². The van der Waals surface area contributed by atoms with Gasteiger partial charge < -0.3 is 19.9 Å². The van der Waals surface area contributed by atoms with Crippen LogP contribution in [0.3, 0.4) is 0 Å². The summed E-state index contributed by atoms with van der Waals surface area (Å²) in [4.78, 5) is 27.5. The van der Waals surface area contributed by atoms with E-state index in [4.69, 9.17) is 14.6 Å². The molecular weight excluding hydrogens is 372 g/mol. The standard InChI is InChI=1S/C22H26N2O5/c25-21(17-7-9-18(10-8-17)22(26)27)24-15-16-6-11-20(23-14-16)29-13-12-28-19-4-2-1-3-5-19/h1-6,11,14,17-18H,7-10,12-13,15H2,(H,24,25)(H,26,27). The van der Waals surface area contributed by atoms with Gasteiger partial charge in [-0.15, -0.1) is 0 Å². The molecule has 2 aromatic rings. The van der Waals surface area contributed by atoms with Gasteiger partial charge in [-0.05, 0) is 43.4 Å². The normalized spacial score (nSPS) is 18.6. The minimum atomic E-state index is -0.760. The van der Waals surface area contributed by atoms with Crippen molar-refractivity contribution in [2.24, 2.45) is 11.8 Å². The zero-order valence-electron chi connectivity index (χ0n) is 16.3. The molecule has 1 heterocycles. The van der Waals surface area contributed by atoms with E-state index in [0.29, 0.717) is 51.3 Å². The van der Waals surface area contributed by atoms with Gasteiger partial charge in [-0.25, -0.2) is 4.98 Å². The van der Waals surface area contributed by atoms with E-state index in [-0.39, 0.29) is 17.7 Å². The highest BCUT2D eigenvalue weighted by atomic mass is 16.5. The van der Waals surface area contributed by atoms with Gasteiger partial charge >= 0.3 is 5.97 Å². The zero-order chi connectivity index (χ0) is 20.5. The first-order valence-corrected chi connectivity index (χ1v) is 9.88. The molecule has 1 aliphatic rings. The zero-order valence-corrected chi connectivity index (χ0v) is 16.3. The Morgan fingerprint density at radius 1 is 0.966 bits per heavy atom. The molecule has 7 nitrogen and oxygen atoms in total. The molecule has 1 aromatic heterocycles. The maximum Gasteiger partial charge on any atom is 0.306 e. The maximum absolute atomic E-state index is 12.3. The second-order valence-corrected chi connectivity index (χ2v) is 7.12. The van der Waals surface area contributed by atoms with E-state index in [9.17, 15) is 9.59 Å². The number of para-hydroxylation sites is 1. The minimum Gasteiger partial charge on any atom is -0.490 e. The van der Waals surface area contributed by atoms with Crippen molar-refractivity contribution in [2.45, 2.75) is 32.2 Å². The number of nitrogens with one attached hydrogen (secondary N) is 1. The van der Waals surface area contributed by atoms with Crippen LogP contribution in [0.2, 0.25) is 0 Å². The minimum absolute atomic E-state index is 0.0211. The van der Waals surface area contributed by atoms with Crippen LogP contribution in [-0.4, -0.2) is 35.2 Å². The second-order valence-electron chi connectivity index (χ2n) is 7.12. The van der Waals surface area contributed by atoms with E-state index in [1.807, 2.05) is 36.4 Å². The van der Waals surface area contributed by atoms with Crippen molar-refractivity contribution in [3.05, 3.63) is 54.2 Å². The number of hydrogen-bond acceptors (Lipinski definition) is 5. The summed E-state index contributed by atoms with van der Waals surface area (Å²) in [5, 5.41) is 11.9. The molecule has 1 amide bonds. The van der Waals surface area contributed by atoms with Crippen molar-refractivity contribution < 1.29 is 24.2 Å². The van der Waals surface area contributed by atoms with Gasteiger partial charge in [-0.1, -0.05) is 24.3 Å². The molecule has 1 aromatic carbocycles. The molecule has 0 radical (unpaired) electrons. The maximum atomic E-state index is 12.3. The van der Waals surface area contributed by atoms with Crippen LogP contribution in [-0.2, 0) is 16.1 Å². The fraction of sp³-hybridized carbons (Fsp3) is 0.409. The number of amides is 1. The van der Waals surface area contributed by atoms with E-state index >= 15 is 0 Å². The number of pyridine rings is 1. The highest BCUT2D eigenvalue weighted by Crippen LogP contribution is 2.29. The number of ether oxygens (including phenoxy) is 2. The van der Waals surface area contributed by atoms with Gasteiger partial charge in [-0.3, -0.25) is 9.59 Å². The number of carboxylic acid groups (broad SMARTS) is 1. The molecule has 29 heavy (non-hydrogen) atoms. The summed E-state index contributed by atoms with van der Waals surface area (Å²) in [5.74, 6) is 0.103. The number of aliphatic carboxylic acids is 1. The van der Waals surface area contributed by atoms with Gasteiger partial charge in [-0.2, -0.15) is 0 Å². The topological polar surface area (TPSA) is 97.8 Å². The lowest BCUT2D eigenvalue weighted by Crippen LogP contribution is -2.34. The summed E-state index contributed by atoms with van der Waals surface area (Å²) in [6.45, 7) is 1.20. The number of nitrogens with zero attached hydrogens (tertiary/aromatic N) is 1.